The van der Waals surface area contributed by atoms with Crippen molar-refractivity contribution in [2.45, 2.75) is 31.9 Å². The van der Waals surface area contributed by atoms with Crippen molar-refractivity contribution in [2.75, 3.05) is 7.11 Å². The number of aryl methyl sites for hydroxylation is 1. The normalized spacial score (nSPS) is 16.3. The highest BCUT2D eigenvalue weighted by Crippen LogP contribution is 2.26. The van der Waals surface area contributed by atoms with Crippen LogP contribution < -0.4 is 0 Å². The number of halogens is 1. The van der Waals surface area contributed by atoms with Crippen molar-refractivity contribution in [1.82, 2.24) is 14.8 Å². The lowest BCUT2D eigenvalue weighted by Crippen LogP contribution is -2.28. The van der Waals surface area contributed by atoms with Gasteiger partial charge in [0.1, 0.15) is 18.8 Å². The summed E-state index contributed by atoms with van der Waals surface area (Å²) in [6, 6.07) is 4.35. The third-order valence-electron chi connectivity index (χ3n) is 3.98. The van der Waals surface area contributed by atoms with Crippen LogP contribution in [0.3, 0.4) is 0 Å². The van der Waals surface area contributed by atoms with E-state index in [1.807, 2.05) is 0 Å². The number of ether oxygens (including phenoxy) is 2. The molecule has 2 aromatic rings. The second-order valence-electron chi connectivity index (χ2n) is 5.39. The number of carbonyl (C=O) groups excluding carboxylic acids is 2. The lowest BCUT2D eigenvalue weighted by molar-refractivity contribution is -0.150. The minimum atomic E-state index is -0.528. The van der Waals surface area contributed by atoms with Gasteiger partial charge in [0.15, 0.2) is 6.04 Å². The molecule has 1 aliphatic heterocycles. The first kappa shape index (κ1) is 16.4. The Morgan fingerprint density at radius 1 is 1.42 bits per heavy atom. The molecule has 0 saturated carbocycles. The molecule has 7 nitrogen and oxygen atoms in total. The number of esters is 2. The van der Waals surface area contributed by atoms with Crippen LogP contribution in [0.4, 0.5) is 0 Å². The zero-order valence-electron chi connectivity index (χ0n) is 13.1. The summed E-state index contributed by atoms with van der Waals surface area (Å²) in [7, 11) is 1.29. The van der Waals surface area contributed by atoms with Gasteiger partial charge >= 0.3 is 11.9 Å². The first-order valence-corrected chi connectivity index (χ1v) is 7.90. The van der Waals surface area contributed by atoms with Crippen molar-refractivity contribution in [3.63, 3.8) is 0 Å². The fourth-order valence-electron chi connectivity index (χ4n) is 2.75. The molecule has 0 aliphatic carbocycles. The van der Waals surface area contributed by atoms with Crippen LogP contribution >= 0.6 is 11.6 Å². The topological polar surface area (TPSA) is 83.3 Å². The highest BCUT2D eigenvalue weighted by molar-refractivity contribution is 6.31. The molecular weight excluding hydrogens is 334 g/mol. The molecule has 0 fully saturated rings. The number of nitrogens with zero attached hydrogens (tertiary/aromatic N) is 3. The summed E-state index contributed by atoms with van der Waals surface area (Å²) in [5.41, 5.74) is 0.705. The zero-order valence-corrected chi connectivity index (χ0v) is 13.8. The van der Waals surface area contributed by atoms with Crippen LogP contribution in [0.1, 0.15) is 40.6 Å². The minimum absolute atomic E-state index is 0.108. The summed E-state index contributed by atoms with van der Waals surface area (Å²) in [4.78, 5) is 28.4. The van der Waals surface area contributed by atoms with Gasteiger partial charge in [0.2, 0.25) is 0 Å². The van der Waals surface area contributed by atoms with Gasteiger partial charge in [-0.1, -0.05) is 17.7 Å². The van der Waals surface area contributed by atoms with E-state index in [0.29, 0.717) is 17.0 Å². The summed E-state index contributed by atoms with van der Waals surface area (Å²) in [6.07, 6.45) is 3.71. The van der Waals surface area contributed by atoms with Crippen LogP contribution in [0, 0.1) is 0 Å². The van der Waals surface area contributed by atoms with Crippen LogP contribution in [0.5, 0.6) is 0 Å². The Bertz CT molecular complexity index is 774. The quantitative estimate of drug-likeness (QED) is 0.788. The summed E-state index contributed by atoms with van der Waals surface area (Å²) >= 11 is 6.14. The van der Waals surface area contributed by atoms with E-state index in [1.54, 1.807) is 22.9 Å². The second kappa shape index (κ2) is 7.00. The van der Waals surface area contributed by atoms with Crippen molar-refractivity contribution in [3.05, 3.63) is 46.5 Å². The molecule has 0 spiro atoms. The van der Waals surface area contributed by atoms with E-state index in [0.717, 1.165) is 18.7 Å². The van der Waals surface area contributed by atoms with Crippen molar-refractivity contribution < 1.29 is 19.1 Å². The van der Waals surface area contributed by atoms with E-state index in [-0.39, 0.29) is 12.2 Å². The molecule has 1 aliphatic rings. The molecule has 8 heteroatoms. The standard InChI is InChI=1S/C16H16ClN3O4/c1-23-15(21)10-4-2-5-12(17)11(10)8-24-16(22)13-6-3-7-14-18-9-19-20(13)14/h2,4-5,9,13H,3,6-8H2,1H3. The molecule has 0 saturated heterocycles. The fourth-order valence-corrected chi connectivity index (χ4v) is 2.98. The number of aromatic nitrogens is 3. The van der Waals surface area contributed by atoms with Crippen molar-refractivity contribution >= 4 is 23.5 Å². The Balaban J connectivity index is 1.75. The van der Waals surface area contributed by atoms with Crippen LogP contribution in [0.25, 0.3) is 0 Å². The van der Waals surface area contributed by atoms with E-state index in [9.17, 15) is 9.59 Å². The Morgan fingerprint density at radius 2 is 2.25 bits per heavy atom. The Morgan fingerprint density at radius 3 is 3.04 bits per heavy atom. The van der Waals surface area contributed by atoms with E-state index in [1.165, 1.54) is 13.4 Å². The Labute approximate surface area is 143 Å². The number of hydrogen-bond acceptors (Lipinski definition) is 6. The van der Waals surface area contributed by atoms with E-state index in [4.69, 9.17) is 21.1 Å². The maximum absolute atomic E-state index is 12.4. The molecule has 2 heterocycles. The minimum Gasteiger partial charge on any atom is -0.465 e. The maximum atomic E-state index is 12.4. The van der Waals surface area contributed by atoms with Gasteiger partial charge in [-0.2, -0.15) is 5.10 Å². The van der Waals surface area contributed by atoms with E-state index in [2.05, 4.69) is 10.1 Å². The lowest BCUT2D eigenvalue weighted by atomic mass is 10.1. The third kappa shape index (κ3) is 3.12. The predicted octanol–water partition coefficient (Wildman–Crippen LogP) is 2.34. The number of carbonyl (C=O) groups is 2. The summed E-state index contributed by atoms with van der Waals surface area (Å²) in [6.45, 7) is -0.108. The van der Waals surface area contributed by atoms with Gasteiger partial charge in [0, 0.05) is 17.0 Å². The van der Waals surface area contributed by atoms with Gasteiger partial charge in [0.05, 0.1) is 12.7 Å². The molecule has 0 amide bonds. The van der Waals surface area contributed by atoms with Crippen molar-refractivity contribution in [3.8, 4) is 0 Å². The van der Waals surface area contributed by atoms with E-state index >= 15 is 0 Å². The molecule has 1 aromatic carbocycles. The van der Waals surface area contributed by atoms with Gasteiger partial charge in [-0.05, 0) is 25.0 Å². The first-order valence-electron chi connectivity index (χ1n) is 7.52. The number of rotatable bonds is 4. The van der Waals surface area contributed by atoms with Gasteiger partial charge in [0.25, 0.3) is 0 Å². The molecule has 1 unspecified atom stereocenters. The number of benzene rings is 1. The second-order valence-corrected chi connectivity index (χ2v) is 5.80. The molecule has 1 aromatic heterocycles. The van der Waals surface area contributed by atoms with Crippen molar-refractivity contribution in [1.29, 1.82) is 0 Å². The predicted molar refractivity (Wildman–Crippen MR) is 84.6 cm³/mol. The zero-order chi connectivity index (χ0) is 17.1. The summed E-state index contributed by atoms with van der Waals surface area (Å²) in [5.74, 6) is -0.173. The summed E-state index contributed by atoms with van der Waals surface area (Å²) in [5, 5.41) is 4.44. The molecule has 3 rings (SSSR count). The van der Waals surface area contributed by atoms with Crippen molar-refractivity contribution in [2.24, 2.45) is 0 Å². The van der Waals surface area contributed by atoms with E-state index < -0.39 is 18.0 Å². The molecule has 0 radical (unpaired) electrons. The third-order valence-corrected chi connectivity index (χ3v) is 4.33. The number of methoxy groups -OCH3 is 1. The van der Waals surface area contributed by atoms with Gasteiger partial charge in [-0.25, -0.2) is 19.3 Å². The van der Waals surface area contributed by atoms with Crippen LogP contribution in [-0.4, -0.2) is 33.8 Å². The van der Waals surface area contributed by atoms with Crippen LogP contribution in [0.2, 0.25) is 5.02 Å². The van der Waals surface area contributed by atoms with Crippen LogP contribution in [-0.2, 0) is 27.3 Å². The molecule has 126 valence electrons. The van der Waals surface area contributed by atoms with Gasteiger partial charge in [-0.3, -0.25) is 0 Å². The molecule has 0 bridgehead atoms. The molecular formula is C16H16ClN3O4. The SMILES string of the molecule is COC(=O)c1cccc(Cl)c1COC(=O)C1CCCc2ncnn21. The highest BCUT2D eigenvalue weighted by atomic mass is 35.5. The Kier molecular flexibility index (Phi) is 4.80. The average molecular weight is 350 g/mol. The number of fused-ring (bicyclic) bond motifs is 1. The van der Waals surface area contributed by atoms with Crippen LogP contribution in [0.15, 0.2) is 24.5 Å². The number of hydrogen-bond donors (Lipinski definition) is 0. The molecule has 24 heavy (non-hydrogen) atoms. The lowest BCUT2D eigenvalue weighted by Gasteiger charge is -2.22. The highest BCUT2D eigenvalue weighted by Gasteiger charge is 2.29. The first-order chi connectivity index (χ1) is 11.6. The van der Waals surface area contributed by atoms with Gasteiger partial charge < -0.3 is 9.47 Å². The Hall–Kier alpha value is -2.41. The van der Waals surface area contributed by atoms with Gasteiger partial charge in [-0.15, -0.1) is 0 Å². The fraction of sp³-hybridized carbons (Fsp3) is 0.375. The summed E-state index contributed by atoms with van der Waals surface area (Å²) < 4.78 is 11.7. The average Bonchev–Trinajstić information content (AvgIpc) is 3.08. The smallest absolute Gasteiger partial charge is 0.338 e. The molecule has 0 N–H and O–H groups in total. The maximum Gasteiger partial charge on any atom is 0.338 e. The largest absolute Gasteiger partial charge is 0.465 e. The molecule has 1 atom stereocenters. The monoisotopic (exact) mass is 349 g/mol.